The molecule has 0 aliphatic carbocycles. The third-order valence-corrected chi connectivity index (χ3v) is 5.38. The average molecular weight is 398 g/mol. The first-order valence-electron chi connectivity index (χ1n) is 9.88. The Kier molecular flexibility index (Phi) is 6.99. The van der Waals surface area contributed by atoms with E-state index >= 15 is 0 Å². The number of nitrogens with one attached hydrogen (secondary N) is 1. The van der Waals surface area contributed by atoms with Crippen molar-refractivity contribution in [1.29, 1.82) is 0 Å². The molecule has 1 saturated heterocycles. The molecule has 2 aromatic carbocycles. The van der Waals surface area contributed by atoms with Gasteiger partial charge < -0.3 is 15.0 Å². The van der Waals surface area contributed by atoms with E-state index in [2.05, 4.69) is 5.32 Å². The smallest absolute Gasteiger partial charge is 0.256 e. The van der Waals surface area contributed by atoms with Gasteiger partial charge in [0.25, 0.3) is 5.91 Å². The lowest BCUT2D eigenvalue weighted by molar-refractivity contribution is -0.124. The second kappa shape index (κ2) is 9.65. The van der Waals surface area contributed by atoms with Crippen LogP contribution in [0.3, 0.4) is 0 Å². The first-order valence-corrected chi connectivity index (χ1v) is 9.88. The second-order valence-corrected chi connectivity index (χ2v) is 7.45. The lowest BCUT2D eigenvalue weighted by Gasteiger charge is -2.18. The molecule has 29 heavy (non-hydrogen) atoms. The Morgan fingerprint density at radius 3 is 2.55 bits per heavy atom. The number of methoxy groups -OCH3 is 1. The molecule has 2 aromatic rings. The van der Waals surface area contributed by atoms with Crippen LogP contribution in [-0.4, -0.2) is 50.1 Å². The molecule has 1 fully saturated rings. The Labute approximate surface area is 170 Å². The fourth-order valence-electron chi connectivity index (χ4n) is 3.75. The molecule has 0 bridgehead atoms. The summed E-state index contributed by atoms with van der Waals surface area (Å²) < 4.78 is 19.1. The van der Waals surface area contributed by atoms with Crippen LogP contribution in [0.2, 0.25) is 0 Å². The predicted octanol–water partition coefficient (Wildman–Crippen LogP) is 3.14. The number of carbonyl (C=O) groups is 2. The van der Waals surface area contributed by atoms with Gasteiger partial charge in [0.15, 0.2) is 0 Å². The maximum atomic E-state index is 14.1. The summed E-state index contributed by atoms with van der Waals surface area (Å²) in [5.74, 6) is -1.52. The minimum atomic E-state index is -0.545. The molecule has 1 aliphatic heterocycles. The highest BCUT2D eigenvalue weighted by Crippen LogP contribution is 2.34. The summed E-state index contributed by atoms with van der Waals surface area (Å²) in [5.41, 5.74) is 2.18. The normalized spacial score (nSPS) is 18.7. The monoisotopic (exact) mass is 398 g/mol. The maximum Gasteiger partial charge on any atom is 0.256 e. The van der Waals surface area contributed by atoms with Crippen molar-refractivity contribution in [1.82, 2.24) is 10.2 Å². The van der Waals surface area contributed by atoms with Gasteiger partial charge >= 0.3 is 0 Å². The zero-order valence-electron chi connectivity index (χ0n) is 16.9. The summed E-state index contributed by atoms with van der Waals surface area (Å²) in [6.07, 6.45) is 0.724. The number of carbonyl (C=O) groups excluding carboxylic acids is 2. The molecule has 3 rings (SSSR count). The average Bonchev–Trinajstić information content (AvgIpc) is 3.17. The van der Waals surface area contributed by atoms with Gasteiger partial charge in [-0.2, -0.15) is 0 Å². The number of nitrogens with zero attached hydrogens (tertiary/aromatic N) is 1. The van der Waals surface area contributed by atoms with Crippen LogP contribution in [-0.2, 0) is 9.53 Å². The number of hydrogen-bond acceptors (Lipinski definition) is 3. The molecular formula is C23H27FN2O3. The molecule has 1 heterocycles. The van der Waals surface area contributed by atoms with Crippen LogP contribution < -0.4 is 5.32 Å². The topological polar surface area (TPSA) is 58.6 Å². The van der Waals surface area contributed by atoms with E-state index < -0.39 is 5.82 Å². The second-order valence-electron chi connectivity index (χ2n) is 7.45. The molecule has 0 saturated carbocycles. The van der Waals surface area contributed by atoms with Crippen molar-refractivity contribution in [2.75, 3.05) is 33.4 Å². The third-order valence-electron chi connectivity index (χ3n) is 5.38. The van der Waals surface area contributed by atoms with Crippen LogP contribution in [0.4, 0.5) is 4.39 Å². The summed E-state index contributed by atoms with van der Waals surface area (Å²) in [4.78, 5) is 27.4. The van der Waals surface area contributed by atoms with Crippen molar-refractivity contribution in [2.24, 2.45) is 5.92 Å². The molecule has 1 aliphatic rings. The minimum absolute atomic E-state index is 0.0382. The van der Waals surface area contributed by atoms with Gasteiger partial charge in [-0.1, -0.05) is 42.0 Å². The Balaban J connectivity index is 1.79. The van der Waals surface area contributed by atoms with Gasteiger partial charge in [0.05, 0.1) is 11.5 Å². The van der Waals surface area contributed by atoms with E-state index in [9.17, 15) is 14.0 Å². The Hall–Kier alpha value is -2.73. The van der Waals surface area contributed by atoms with E-state index in [0.29, 0.717) is 19.7 Å². The summed E-state index contributed by atoms with van der Waals surface area (Å²) in [7, 11) is 1.62. The standard InChI is InChI=1S/C23H27FN2O3/c1-16-8-10-17(11-9-16)19-14-26(23(28)18-6-3-4-7-21(18)24)15-20(19)22(27)25-12-5-13-29-2/h3-4,6-11,19-20H,5,12-15H2,1-2H3,(H,25,27)/t19-,20+/m1/s1. The fraction of sp³-hybridized carbons (Fsp3) is 0.391. The van der Waals surface area contributed by atoms with Crippen LogP contribution in [0.15, 0.2) is 48.5 Å². The Morgan fingerprint density at radius 1 is 1.14 bits per heavy atom. The molecule has 2 amide bonds. The number of aryl methyl sites for hydroxylation is 1. The van der Waals surface area contributed by atoms with Crippen molar-refractivity contribution >= 4 is 11.8 Å². The van der Waals surface area contributed by atoms with Crippen LogP contribution >= 0.6 is 0 Å². The minimum Gasteiger partial charge on any atom is -0.385 e. The van der Waals surface area contributed by atoms with E-state index in [1.54, 1.807) is 24.1 Å². The largest absolute Gasteiger partial charge is 0.385 e. The molecule has 1 N–H and O–H groups in total. The van der Waals surface area contributed by atoms with Crippen LogP contribution in [0.25, 0.3) is 0 Å². The van der Waals surface area contributed by atoms with Gasteiger partial charge in [-0.05, 0) is 31.0 Å². The lowest BCUT2D eigenvalue weighted by atomic mass is 9.88. The summed E-state index contributed by atoms with van der Waals surface area (Å²) in [5, 5.41) is 2.95. The van der Waals surface area contributed by atoms with Crippen molar-refractivity contribution < 1.29 is 18.7 Å². The van der Waals surface area contributed by atoms with Gasteiger partial charge in [-0.25, -0.2) is 4.39 Å². The van der Waals surface area contributed by atoms with E-state index in [1.165, 1.54) is 12.1 Å². The van der Waals surface area contributed by atoms with Gasteiger partial charge in [0.2, 0.25) is 5.91 Å². The van der Waals surface area contributed by atoms with Crippen LogP contribution in [0, 0.1) is 18.7 Å². The lowest BCUT2D eigenvalue weighted by Crippen LogP contribution is -2.36. The molecule has 0 unspecified atom stereocenters. The number of amides is 2. The SMILES string of the molecule is COCCCNC(=O)[C@H]1CN(C(=O)c2ccccc2F)C[C@@H]1c1ccc(C)cc1. The predicted molar refractivity (Wildman–Crippen MR) is 109 cm³/mol. The van der Waals surface area contributed by atoms with Crippen molar-refractivity contribution in [2.45, 2.75) is 19.3 Å². The van der Waals surface area contributed by atoms with Crippen molar-refractivity contribution in [3.05, 3.63) is 71.0 Å². The number of ether oxygens (including phenoxy) is 1. The zero-order valence-corrected chi connectivity index (χ0v) is 16.9. The molecule has 0 aromatic heterocycles. The van der Waals surface area contributed by atoms with Gasteiger partial charge in [0.1, 0.15) is 5.82 Å². The van der Waals surface area contributed by atoms with Crippen LogP contribution in [0.5, 0.6) is 0 Å². The van der Waals surface area contributed by atoms with Gasteiger partial charge in [0, 0.05) is 39.3 Å². The fourth-order valence-corrected chi connectivity index (χ4v) is 3.75. The van der Waals surface area contributed by atoms with E-state index in [-0.39, 0.29) is 35.8 Å². The van der Waals surface area contributed by atoms with Gasteiger partial charge in [-0.3, -0.25) is 9.59 Å². The third kappa shape index (κ3) is 5.01. The quantitative estimate of drug-likeness (QED) is 0.729. The first kappa shape index (κ1) is 21.0. The number of likely N-dealkylation sites (tertiary alicyclic amines) is 1. The summed E-state index contributed by atoms with van der Waals surface area (Å²) in [6, 6.07) is 14.0. The highest BCUT2D eigenvalue weighted by Gasteiger charge is 2.40. The highest BCUT2D eigenvalue weighted by molar-refractivity contribution is 5.95. The number of rotatable bonds is 7. The molecule has 2 atom stereocenters. The summed E-state index contributed by atoms with van der Waals surface area (Å²) in [6.45, 7) is 3.75. The highest BCUT2D eigenvalue weighted by atomic mass is 19.1. The number of hydrogen-bond donors (Lipinski definition) is 1. The van der Waals surface area contributed by atoms with E-state index in [4.69, 9.17) is 4.74 Å². The number of halogens is 1. The van der Waals surface area contributed by atoms with Gasteiger partial charge in [-0.15, -0.1) is 0 Å². The van der Waals surface area contributed by atoms with E-state index in [0.717, 1.165) is 17.5 Å². The molecule has 154 valence electrons. The number of benzene rings is 2. The molecule has 5 nitrogen and oxygen atoms in total. The van der Waals surface area contributed by atoms with E-state index in [1.807, 2.05) is 31.2 Å². The Morgan fingerprint density at radius 2 is 1.86 bits per heavy atom. The van der Waals surface area contributed by atoms with Crippen molar-refractivity contribution in [3.63, 3.8) is 0 Å². The summed E-state index contributed by atoms with van der Waals surface area (Å²) >= 11 is 0. The van der Waals surface area contributed by atoms with Crippen LogP contribution in [0.1, 0.15) is 33.8 Å². The maximum absolute atomic E-state index is 14.1. The van der Waals surface area contributed by atoms with Crippen molar-refractivity contribution in [3.8, 4) is 0 Å². The molecule has 0 radical (unpaired) electrons. The first-order chi connectivity index (χ1) is 14.0. The Bertz CT molecular complexity index is 853. The zero-order chi connectivity index (χ0) is 20.8. The molecule has 0 spiro atoms. The molecule has 6 heteroatoms. The molecular weight excluding hydrogens is 371 g/mol.